The third-order valence-corrected chi connectivity index (χ3v) is 10.3. The first kappa shape index (κ1) is 36.0. The minimum absolute atomic E-state index is 0.0900. The second kappa shape index (κ2) is 15.1. The van der Waals surface area contributed by atoms with Crippen LogP contribution in [-0.4, -0.2) is 77.2 Å². The Kier molecular flexibility index (Phi) is 11.1. The van der Waals surface area contributed by atoms with Crippen LogP contribution in [-0.2, 0) is 28.7 Å². The van der Waals surface area contributed by atoms with Gasteiger partial charge in [-0.3, -0.25) is 19.2 Å². The number of esters is 1. The van der Waals surface area contributed by atoms with Gasteiger partial charge in [0.2, 0.25) is 11.8 Å². The van der Waals surface area contributed by atoms with Crippen molar-refractivity contribution >= 4 is 29.4 Å². The fraction of sp³-hybridized carbons (Fsp3) is 0.487. The summed E-state index contributed by atoms with van der Waals surface area (Å²) in [6.45, 7) is 15.0. The predicted molar refractivity (Wildman–Crippen MR) is 186 cm³/mol. The maximum absolute atomic E-state index is 15.0. The van der Waals surface area contributed by atoms with Gasteiger partial charge in [0.1, 0.15) is 18.2 Å². The van der Waals surface area contributed by atoms with Crippen molar-refractivity contribution in [1.82, 2.24) is 10.2 Å². The number of hydrogen-bond acceptors (Lipinski definition) is 7. The highest BCUT2D eigenvalue weighted by Gasteiger charge is 2.75. The number of aliphatic hydroxyl groups excluding tert-OH is 1. The van der Waals surface area contributed by atoms with Gasteiger partial charge in [0.05, 0.1) is 36.6 Å². The minimum atomic E-state index is -1.26. The van der Waals surface area contributed by atoms with Gasteiger partial charge in [0.15, 0.2) is 0 Å². The fourth-order valence-electron chi connectivity index (χ4n) is 7.88. The van der Waals surface area contributed by atoms with Crippen LogP contribution in [0.5, 0.6) is 0 Å². The molecule has 0 saturated carbocycles. The SMILES string of the molecule is C=CCCC(=O)OC[C@@H](NC(=O)[C@@H]1[C@@H]2CC[C@]3(O2)[C@H](C(=O)N(CC=C)c2cc(C)ccc2C)N([C@@H](CO)C(C)C)C(=O)[C@@H]13)c1ccccc1. The second-order valence-corrected chi connectivity index (χ2v) is 13.8. The summed E-state index contributed by atoms with van der Waals surface area (Å²) in [6, 6.07) is 12.7. The number of ether oxygens (including phenoxy) is 2. The maximum Gasteiger partial charge on any atom is 0.306 e. The Balaban J connectivity index is 1.51. The first-order valence-electron chi connectivity index (χ1n) is 17.2. The maximum atomic E-state index is 15.0. The number of aryl methyl sites for hydroxylation is 2. The highest BCUT2D eigenvalue weighted by molar-refractivity contribution is 6.05. The van der Waals surface area contributed by atoms with Crippen molar-refractivity contribution in [1.29, 1.82) is 0 Å². The Labute approximate surface area is 289 Å². The third-order valence-electron chi connectivity index (χ3n) is 10.3. The van der Waals surface area contributed by atoms with Crippen molar-refractivity contribution in [3.05, 3.63) is 90.5 Å². The molecule has 1 spiro atoms. The molecule has 3 amide bonds. The molecule has 3 saturated heterocycles. The fourth-order valence-corrected chi connectivity index (χ4v) is 7.88. The molecule has 2 aromatic rings. The van der Waals surface area contributed by atoms with Crippen molar-refractivity contribution in [2.24, 2.45) is 17.8 Å². The van der Waals surface area contributed by atoms with Crippen molar-refractivity contribution in [2.75, 3.05) is 24.7 Å². The predicted octanol–water partition coefficient (Wildman–Crippen LogP) is 4.58. The van der Waals surface area contributed by atoms with Crippen molar-refractivity contribution in [2.45, 2.75) is 83.2 Å². The lowest BCUT2D eigenvalue weighted by atomic mass is 9.70. The molecule has 2 N–H and O–H groups in total. The van der Waals surface area contributed by atoms with Crippen molar-refractivity contribution in [3.63, 3.8) is 0 Å². The average Bonchev–Trinajstić information content (AvgIpc) is 3.73. The quantitative estimate of drug-likeness (QED) is 0.210. The van der Waals surface area contributed by atoms with E-state index in [9.17, 15) is 24.3 Å². The number of nitrogens with zero attached hydrogens (tertiary/aromatic N) is 2. The summed E-state index contributed by atoms with van der Waals surface area (Å²) in [6.07, 6.45) is 4.26. The molecule has 3 aliphatic heterocycles. The van der Waals surface area contributed by atoms with Gasteiger partial charge in [-0.2, -0.15) is 0 Å². The monoisotopic (exact) mass is 671 g/mol. The first-order valence-corrected chi connectivity index (χ1v) is 17.2. The summed E-state index contributed by atoms with van der Waals surface area (Å²) in [4.78, 5) is 59.5. The normalized spacial score (nSPS) is 25.1. The zero-order chi connectivity index (χ0) is 35.5. The molecule has 262 valence electrons. The van der Waals surface area contributed by atoms with Crippen LogP contribution in [0.4, 0.5) is 5.69 Å². The van der Waals surface area contributed by atoms with Crippen LogP contribution >= 0.6 is 0 Å². The van der Waals surface area contributed by atoms with Crippen molar-refractivity contribution in [3.8, 4) is 0 Å². The molecule has 7 atom stereocenters. The van der Waals surface area contributed by atoms with E-state index in [1.165, 1.54) is 4.90 Å². The Bertz CT molecular complexity index is 1580. The van der Waals surface area contributed by atoms with E-state index in [4.69, 9.17) is 9.47 Å². The molecule has 10 nitrogen and oxygen atoms in total. The number of hydrogen-bond donors (Lipinski definition) is 2. The summed E-state index contributed by atoms with van der Waals surface area (Å²) < 4.78 is 12.2. The van der Waals surface area contributed by atoms with Crippen LogP contribution in [0, 0.1) is 31.6 Å². The molecule has 0 aliphatic carbocycles. The molecule has 3 aliphatic rings. The molecule has 3 heterocycles. The topological polar surface area (TPSA) is 125 Å². The second-order valence-electron chi connectivity index (χ2n) is 13.8. The lowest BCUT2D eigenvalue weighted by Crippen LogP contribution is -2.60. The average molecular weight is 672 g/mol. The summed E-state index contributed by atoms with van der Waals surface area (Å²) in [7, 11) is 0. The Hall–Kier alpha value is -4.28. The van der Waals surface area contributed by atoms with Crippen LogP contribution in [0.1, 0.15) is 62.3 Å². The van der Waals surface area contributed by atoms with Gasteiger partial charge in [-0.1, -0.05) is 68.5 Å². The number of likely N-dealkylation sites (tertiary alicyclic amines) is 1. The third kappa shape index (κ3) is 6.81. The molecular weight excluding hydrogens is 622 g/mol. The van der Waals surface area contributed by atoms with Gasteiger partial charge in [0, 0.05) is 18.7 Å². The molecule has 0 aromatic heterocycles. The number of aliphatic hydroxyl groups is 1. The molecule has 5 rings (SSSR count). The summed E-state index contributed by atoms with van der Waals surface area (Å²) in [5.41, 5.74) is 2.05. The van der Waals surface area contributed by atoms with Gasteiger partial charge in [0.25, 0.3) is 5.91 Å². The largest absolute Gasteiger partial charge is 0.463 e. The number of allylic oxidation sites excluding steroid dienone is 1. The molecule has 0 unspecified atom stereocenters. The molecular formula is C39H49N3O7. The standard InChI is InChI=1S/C39H49N3O7/c1-7-9-15-32(44)48-23-28(27-13-11-10-12-14-27)40-36(45)33-31-18-19-39(49-31)34(33)37(46)42(30(22-43)24(3)4)35(39)38(47)41(20-8-2)29-21-25(5)16-17-26(29)6/h7-8,10-14,16-17,21,24,28,30-31,33-35,43H,1-2,9,15,18-20,22-23H2,3-6H3,(H,40,45)/t28-,30+,31+,33-,34-,35+,39-/m1/s1. The van der Waals surface area contributed by atoms with Gasteiger partial charge >= 0.3 is 5.97 Å². The van der Waals surface area contributed by atoms with Gasteiger partial charge in [-0.15, -0.1) is 13.2 Å². The van der Waals surface area contributed by atoms with Gasteiger partial charge in [-0.05, 0) is 61.8 Å². The number of benzene rings is 2. The Morgan fingerprint density at radius 1 is 1.14 bits per heavy atom. The van der Waals surface area contributed by atoms with E-state index in [0.717, 1.165) is 16.7 Å². The number of carbonyl (C=O) groups excluding carboxylic acids is 4. The first-order chi connectivity index (χ1) is 23.5. The summed E-state index contributed by atoms with van der Waals surface area (Å²) in [5.74, 6) is -3.53. The smallest absolute Gasteiger partial charge is 0.306 e. The van der Waals surface area contributed by atoms with E-state index < -0.39 is 53.5 Å². The number of anilines is 1. The molecule has 0 radical (unpaired) electrons. The van der Waals surface area contributed by atoms with Crippen molar-refractivity contribution < 1.29 is 33.8 Å². The molecule has 49 heavy (non-hydrogen) atoms. The van der Waals surface area contributed by atoms with E-state index in [0.29, 0.717) is 24.9 Å². The molecule has 10 heteroatoms. The van der Waals surface area contributed by atoms with E-state index >= 15 is 0 Å². The van der Waals surface area contributed by atoms with Crippen LogP contribution in [0.15, 0.2) is 73.8 Å². The number of amides is 3. The summed E-state index contributed by atoms with van der Waals surface area (Å²) >= 11 is 0. The van der Waals surface area contributed by atoms with E-state index in [-0.39, 0.29) is 43.9 Å². The highest BCUT2D eigenvalue weighted by atomic mass is 16.5. The zero-order valence-corrected chi connectivity index (χ0v) is 29.0. The Morgan fingerprint density at radius 2 is 1.88 bits per heavy atom. The van der Waals surface area contributed by atoms with E-state index in [2.05, 4.69) is 18.5 Å². The summed E-state index contributed by atoms with van der Waals surface area (Å²) in [5, 5.41) is 13.7. The van der Waals surface area contributed by atoms with E-state index in [1.54, 1.807) is 17.1 Å². The number of fused-ring (bicyclic) bond motifs is 1. The molecule has 2 bridgehead atoms. The number of rotatable bonds is 15. The minimum Gasteiger partial charge on any atom is -0.463 e. The van der Waals surface area contributed by atoms with Crippen LogP contribution in [0.3, 0.4) is 0 Å². The zero-order valence-electron chi connectivity index (χ0n) is 29.0. The van der Waals surface area contributed by atoms with Crippen LogP contribution in [0.25, 0.3) is 0 Å². The highest BCUT2D eigenvalue weighted by Crippen LogP contribution is 2.59. The number of nitrogens with one attached hydrogen (secondary N) is 1. The van der Waals surface area contributed by atoms with Crippen LogP contribution < -0.4 is 10.2 Å². The van der Waals surface area contributed by atoms with Gasteiger partial charge < -0.3 is 29.7 Å². The number of carbonyl (C=O) groups is 4. The molecule has 2 aromatic carbocycles. The molecule has 3 fully saturated rings. The van der Waals surface area contributed by atoms with E-state index in [1.807, 2.05) is 76.2 Å². The van der Waals surface area contributed by atoms with Crippen LogP contribution in [0.2, 0.25) is 0 Å². The Morgan fingerprint density at radius 3 is 2.53 bits per heavy atom. The van der Waals surface area contributed by atoms with Gasteiger partial charge in [-0.25, -0.2) is 0 Å². The lowest BCUT2D eigenvalue weighted by Gasteiger charge is -2.40. The lowest BCUT2D eigenvalue weighted by molar-refractivity contribution is -0.147.